The van der Waals surface area contributed by atoms with Crippen LogP contribution < -0.4 is 29.6 Å². The summed E-state index contributed by atoms with van der Waals surface area (Å²) in [7, 11) is 6.20. The Morgan fingerprint density at radius 3 is 2.07 bits per heavy atom. The van der Waals surface area contributed by atoms with E-state index >= 15 is 0 Å². The summed E-state index contributed by atoms with van der Waals surface area (Å²) in [6.45, 7) is 0. The Hall–Kier alpha value is -3.13. The van der Waals surface area contributed by atoms with Crippen LogP contribution in [0.15, 0.2) is 36.4 Å². The first kappa shape index (κ1) is 19.6. The van der Waals surface area contributed by atoms with Crippen LogP contribution in [0.5, 0.6) is 28.7 Å². The molecular formula is C20H22N2O5S. The summed E-state index contributed by atoms with van der Waals surface area (Å²) < 4.78 is 21.4. The third-order valence-corrected chi connectivity index (χ3v) is 4.63. The zero-order valence-electron chi connectivity index (χ0n) is 16.0. The lowest BCUT2D eigenvalue weighted by Gasteiger charge is -2.27. The minimum absolute atomic E-state index is 0.0639. The van der Waals surface area contributed by atoms with Gasteiger partial charge in [-0.05, 0) is 48.1 Å². The van der Waals surface area contributed by atoms with Gasteiger partial charge in [-0.1, -0.05) is 6.07 Å². The van der Waals surface area contributed by atoms with Crippen LogP contribution in [0.3, 0.4) is 0 Å². The molecule has 2 aromatic rings. The van der Waals surface area contributed by atoms with E-state index in [2.05, 4.69) is 10.6 Å². The van der Waals surface area contributed by atoms with Crippen LogP contribution in [0, 0.1) is 0 Å². The Bertz CT molecular complexity index is 904. The number of methoxy groups -OCH3 is 4. The zero-order valence-corrected chi connectivity index (χ0v) is 16.8. The lowest BCUT2D eigenvalue weighted by molar-refractivity contribution is 0.324. The molecule has 0 saturated heterocycles. The largest absolute Gasteiger partial charge is 0.504 e. The molecule has 0 aromatic heterocycles. The maximum atomic E-state index is 10.1. The number of rotatable bonds is 6. The lowest BCUT2D eigenvalue weighted by atomic mass is 10.0. The molecule has 1 aliphatic rings. The number of nitrogens with one attached hydrogen (secondary N) is 2. The number of benzene rings is 2. The summed E-state index contributed by atoms with van der Waals surface area (Å²) in [5.41, 5.74) is 2.44. The first-order chi connectivity index (χ1) is 13.5. The number of hydrogen-bond donors (Lipinski definition) is 3. The highest BCUT2D eigenvalue weighted by Gasteiger charge is 2.22. The Labute approximate surface area is 168 Å². The number of ether oxygens (including phenoxy) is 4. The van der Waals surface area contributed by atoms with E-state index in [4.69, 9.17) is 31.2 Å². The molecule has 0 amide bonds. The summed E-state index contributed by atoms with van der Waals surface area (Å²) in [6.07, 6.45) is 1.97. The van der Waals surface area contributed by atoms with E-state index in [0.717, 1.165) is 16.8 Å². The number of phenols is 1. The Morgan fingerprint density at radius 1 is 0.893 bits per heavy atom. The second-order valence-corrected chi connectivity index (χ2v) is 6.41. The van der Waals surface area contributed by atoms with E-state index in [1.807, 2.05) is 24.3 Å². The molecule has 3 N–H and O–H groups in total. The van der Waals surface area contributed by atoms with E-state index in [1.165, 1.54) is 7.11 Å². The van der Waals surface area contributed by atoms with Crippen LogP contribution in [0.1, 0.15) is 17.2 Å². The number of hydrogen-bond acceptors (Lipinski definition) is 6. The molecule has 8 heteroatoms. The van der Waals surface area contributed by atoms with Crippen molar-refractivity contribution in [2.45, 2.75) is 6.04 Å². The van der Waals surface area contributed by atoms with E-state index in [-0.39, 0.29) is 11.8 Å². The normalized spacial score (nSPS) is 15.8. The van der Waals surface area contributed by atoms with Crippen LogP contribution in [0.25, 0.3) is 5.70 Å². The lowest BCUT2D eigenvalue weighted by Crippen LogP contribution is -2.40. The van der Waals surface area contributed by atoms with Crippen molar-refractivity contribution in [3.05, 3.63) is 47.5 Å². The molecule has 1 unspecified atom stereocenters. The van der Waals surface area contributed by atoms with E-state index in [1.54, 1.807) is 33.5 Å². The molecule has 1 aliphatic heterocycles. The molecule has 0 saturated carbocycles. The van der Waals surface area contributed by atoms with Crippen molar-refractivity contribution in [3.8, 4) is 28.7 Å². The average molecular weight is 402 g/mol. The molecule has 0 fully saturated rings. The van der Waals surface area contributed by atoms with Crippen LogP contribution >= 0.6 is 12.2 Å². The first-order valence-corrected chi connectivity index (χ1v) is 8.88. The summed E-state index contributed by atoms with van der Waals surface area (Å²) in [5, 5.41) is 16.9. The predicted molar refractivity (Wildman–Crippen MR) is 110 cm³/mol. The van der Waals surface area contributed by atoms with Crippen LogP contribution in [0.4, 0.5) is 0 Å². The topological polar surface area (TPSA) is 81.2 Å². The number of thiocarbonyl (C=S) groups is 1. The molecule has 148 valence electrons. The van der Waals surface area contributed by atoms with Crippen LogP contribution in [-0.2, 0) is 0 Å². The molecule has 28 heavy (non-hydrogen) atoms. The third kappa shape index (κ3) is 3.77. The molecule has 0 aliphatic carbocycles. The van der Waals surface area contributed by atoms with Gasteiger partial charge in [-0.2, -0.15) is 0 Å². The summed E-state index contributed by atoms with van der Waals surface area (Å²) >= 11 is 5.37. The van der Waals surface area contributed by atoms with Crippen molar-refractivity contribution < 1.29 is 24.1 Å². The molecule has 1 heterocycles. The Balaban J connectivity index is 2.04. The van der Waals surface area contributed by atoms with Crippen molar-refractivity contribution in [2.24, 2.45) is 0 Å². The molecule has 3 rings (SSSR count). The van der Waals surface area contributed by atoms with Gasteiger partial charge in [0.05, 0.1) is 34.5 Å². The van der Waals surface area contributed by atoms with Crippen LogP contribution in [0.2, 0.25) is 0 Å². The average Bonchev–Trinajstić information content (AvgIpc) is 2.71. The summed E-state index contributed by atoms with van der Waals surface area (Å²) in [4.78, 5) is 0. The predicted octanol–water partition coefficient (Wildman–Crippen LogP) is 2.99. The zero-order chi connectivity index (χ0) is 20.3. The second kappa shape index (κ2) is 8.26. The molecule has 0 spiro atoms. The van der Waals surface area contributed by atoms with E-state index in [9.17, 15) is 5.11 Å². The SMILES string of the molecule is COc1ccc(C2C=C(c3cc(OC)c(OC)c(OC)c3)NC(=S)N2)cc1O. The monoisotopic (exact) mass is 402 g/mol. The minimum atomic E-state index is -0.236. The highest BCUT2D eigenvalue weighted by Crippen LogP contribution is 2.40. The van der Waals surface area contributed by atoms with E-state index in [0.29, 0.717) is 28.1 Å². The van der Waals surface area contributed by atoms with Gasteiger partial charge < -0.3 is 34.7 Å². The maximum Gasteiger partial charge on any atom is 0.203 e. The van der Waals surface area contributed by atoms with Gasteiger partial charge in [0, 0.05) is 11.3 Å². The number of aromatic hydroxyl groups is 1. The van der Waals surface area contributed by atoms with Gasteiger partial charge in [-0.3, -0.25) is 0 Å². The summed E-state index contributed by atoms with van der Waals surface area (Å²) in [6, 6.07) is 8.68. The first-order valence-electron chi connectivity index (χ1n) is 8.47. The highest BCUT2D eigenvalue weighted by molar-refractivity contribution is 7.80. The van der Waals surface area contributed by atoms with Gasteiger partial charge in [0.1, 0.15) is 0 Å². The van der Waals surface area contributed by atoms with E-state index < -0.39 is 0 Å². The molecule has 0 radical (unpaired) electrons. The fraction of sp³-hybridized carbons (Fsp3) is 0.250. The van der Waals surface area contributed by atoms with Gasteiger partial charge in [0.25, 0.3) is 0 Å². The van der Waals surface area contributed by atoms with Crippen LogP contribution in [-0.4, -0.2) is 38.7 Å². The Morgan fingerprint density at radius 2 is 1.54 bits per heavy atom. The van der Waals surface area contributed by atoms with Crippen molar-refractivity contribution >= 4 is 23.0 Å². The maximum absolute atomic E-state index is 10.1. The van der Waals surface area contributed by atoms with Gasteiger partial charge >= 0.3 is 0 Å². The number of phenolic OH excluding ortho intramolecular Hbond substituents is 1. The van der Waals surface area contributed by atoms with Gasteiger partial charge in [0.2, 0.25) is 5.75 Å². The van der Waals surface area contributed by atoms with Gasteiger partial charge in [-0.25, -0.2) is 0 Å². The highest BCUT2D eigenvalue weighted by atomic mass is 32.1. The fourth-order valence-electron chi connectivity index (χ4n) is 3.03. The van der Waals surface area contributed by atoms with Crippen molar-refractivity contribution in [1.82, 2.24) is 10.6 Å². The van der Waals surface area contributed by atoms with Gasteiger partial charge in [-0.15, -0.1) is 0 Å². The molecule has 7 nitrogen and oxygen atoms in total. The van der Waals surface area contributed by atoms with Crippen molar-refractivity contribution in [1.29, 1.82) is 0 Å². The quantitative estimate of drug-likeness (QED) is 0.637. The third-order valence-electron chi connectivity index (χ3n) is 4.41. The fourth-order valence-corrected chi connectivity index (χ4v) is 3.27. The minimum Gasteiger partial charge on any atom is -0.504 e. The summed E-state index contributed by atoms with van der Waals surface area (Å²) in [5.74, 6) is 2.08. The molecule has 1 atom stereocenters. The van der Waals surface area contributed by atoms with Gasteiger partial charge in [0.15, 0.2) is 28.1 Å². The smallest absolute Gasteiger partial charge is 0.203 e. The molecular weight excluding hydrogens is 380 g/mol. The second-order valence-electron chi connectivity index (χ2n) is 6.00. The molecule has 2 aromatic carbocycles. The standard InChI is InChI=1S/C20H22N2O5S/c1-24-16-6-5-11(7-15(16)23)13-10-14(22-20(28)21-13)12-8-17(25-2)19(27-4)18(9-12)26-3/h5-10,13,23H,1-4H3,(H2,21,22,28). The molecule has 0 bridgehead atoms. The van der Waals surface area contributed by atoms with Crippen molar-refractivity contribution in [2.75, 3.05) is 28.4 Å². The Kier molecular flexibility index (Phi) is 5.79. The van der Waals surface area contributed by atoms with Crippen molar-refractivity contribution in [3.63, 3.8) is 0 Å².